The lowest BCUT2D eigenvalue weighted by atomic mass is 9.90. The topological polar surface area (TPSA) is 52.5 Å². The van der Waals surface area contributed by atoms with Gasteiger partial charge < -0.3 is 15.5 Å². The molecular formula is C21H22BrNO2. The highest BCUT2D eigenvalue weighted by atomic mass is 79.9. The van der Waals surface area contributed by atoms with Crippen molar-refractivity contribution in [3.05, 3.63) is 71.3 Å². The Morgan fingerprint density at radius 1 is 0.920 bits per heavy atom. The number of phenols is 2. The molecule has 0 spiro atoms. The van der Waals surface area contributed by atoms with E-state index in [1.165, 1.54) is 16.3 Å². The molecule has 0 aliphatic carbocycles. The van der Waals surface area contributed by atoms with E-state index in [9.17, 15) is 10.2 Å². The van der Waals surface area contributed by atoms with Gasteiger partial charge >= 0.3 is 0 Å². The monoisotopic (exact) mass is 399 g/mol. The number of aromatic hydroxyl groups is 2. The molecule has 3 aromatic rings. The summed E-state index contributed by atoms with van der Waals surface area (Å²) in [4.78, 5) is 0. The highest BCUT2D eigenvalue weighted by Gasteiger charge is 2.21. The first kappa shape index (κ1) is 17.8. The summed E-state index contributed by atoms with van der Waals surface area (Å²) in [6.07, 6.45) is 2.83. The first-order valence-electron chi connectivity index (χ1n) is 8.46. The molecule has 25 heavy (non-hydrogen) atoms. The van der Waals surface area contributed by atoms with Crippen LogP contribution in [0.15, 0.2) is 54.6 Å². The number of fused-ring (bicyclic) bond motifs is 2. The minimum atomic E-state index is -0.0341. The molecule has 1 aliphatic heterocycles. The molecular weight excluding hydrogens is 378 g/mol. The van der Waals surface area contributed by atoms with Gasteiger partial charge in [0.2, 0.25) is 0 Å². The number of nitrogens with one attached hydrogen (secondary N) is 1. The van der Waals surface area contributed by atoms with Crippen LogP contribution in [0.25, 0.3) is 10.8 Å². The van der Waals surface area contributed by atoms with Gasteiger partial charge in [0.05, 0.1) is 0 Å². The summed E-state index contributed by atoms with van der Waals surface area (Å²) in [5.41, 5.74) is 3.57. The van der Waals surface area contributed by atoms with E-state index in [0.29, 0.717) is 0 Å². The Labute approximate surface area is 158 Å². The van der Waals surface area contributed by atoms with Gasteiger partial charge in [-0.25, -0.2) is 0 Å². The van der Waals surface area contributed by atoms with Crippen LogP contribution in [-0.4, -0.2) is 16.8 Å². The normalized spacial score (nSPS) is 16.2. The largest absolute Gasteiger partial charge is 0.504 e. The molecule has 0 aromatic heterocycles. The third kappa shape index (κ3) is 3.65. The predicted octanol–water partition coefficient (Wildman–Crippen LogP) is 4.65. The first-order valence-corrected chi connectivity index (χ1v) is 8.46. The van der Waals surface area contributed by atoms with Gasteiger partial charge in [0.15, 0.2) is 11.5 Å². The van der Waals surface area contributed by atoms with Crippen LogP contribution in [0.4, 0.5) is 0 Å². The molecule has 0 saturated heterocycles. The average molecular weight is 400 g/mol. The fourth-order valence-electron chi connectivity index (χ4n) is 3.63. The van der Waals surface area contributed by atoms with Gasteiger partial charge in [-0.2, -0.15) is 0 Å². The van der Waals surface area contributed by atoms with E-state index in [0.717, 1.165) is 36.9 Å². The number of aryl methyl sites for hydroxylation is 1. The zero-order chi connectivity index (χ0) is 16.5. The summed E-state index contributed by atoms with van der Waals surface area (Å²) in [7, 11) is 0. The van der Waals surface area contributed by atoms with Crippen LogP contribution in [-0.2, 0) is 12.8 Å². The Kier molecular flexibility index (Phi) is 5.30. The third-order valence-electron chi connectivity index (χ3n) is 4.93. The Morgan fingerprint density at radius 2 is 1.68 bits per heavy atom. The molecule has 3 nitrogen and oxygen atoms in total. The molecule has 0 bridgehead atoms. The molecule has 3 aromatic carbocycles. The molecule has 0 fully saturated rings. The van der Waals surface area contributed by atoms with Gasteiger partial charge in [-0.05, 0) is 65.4 Å². The van der Waals surface area contributed by atoms with Crippen molar-refractivity contribution in [1.29, 1.82) is 0 Å². The average Bonchev–Trinajstić information content (AvgIpc) is 2.61. The maximum Gasteiger partial charge on any atom is 0.157 e. The fourth-order valence-corrected chi connectivity index (χ4v) is 3.63. The highest BCUT2D eigenvalue weighted by molar-refractivity contribution is 8.93. The van der Waals surface area contributed by atoms with Crippen LogP contribution < -0.4 is 5.32 Å². The Bertz CT molecular complexity index is 894. The Morgan fingerprint density at radius 3 is 2.52 bits per heavy atom. The van der Waals surface area contributed by atoms with Crippen molar-refractivity contribution in [1.82, 2.24) is 5.32 Å². The van der Waals surface area contributed by atoms with E-state index in [1.54, 1.807) is 12.1 Å². The van der Waals surface area contributed by atoms with Gasteiger partial charge in [-0.15, -0.1) is 17.0 Å². The zero-order valence-corrected chi connectivity index (χ0v) is 15.6. The van der Waals surface area contributed by atoms with Crippen LogP contribution in [0, 0.1) is 0 Å². The summed E-state index contributed by atoms with van der Waals surface area (Å²) in [5, 5.41) is 25.6. The van der Waals surface area contributed by atoms with Gasteiger partial charge in [0.25, 0.3) is 0 Å². The van der Waals surface area contributed by atoms with Crippen molar-refractivity contribution < 1.29 is 10.2 Å². The number of benzene rings is 3. The van der Waals surface area contributed by atoms with Crippen molar-refractivity contribution in [2.75, 3.05) is 6.54 Å². The molecule has 0 radical (unpaired) electrons. The van der Waals surface area contributed by atoms with E-state index in [-0.39, 0.29) is 34.5 Å². The SMILES string of the molecule is Br.Oc1cc2c(cc1O)C(CCc1ccc3ccccc3c1)NCC2. The van der Waals surface area contributed by atoms with E-state index < -0.39 is 0 Å². The lowest BCUT2D eigenvalue weighted by Crippen LogP contribution is -2.30. The molecule has 1 atom stereocenters. The van der Waals surface area contributed by atoms with Crippen molar-refractivity contribution in [3.8, 4) is 11.5 Å². The van der Waals surface area contributed by atoms with Crippen LogP contribution in [0.3, 0.4) is 0 Å². The zero-order valence-electron chi connectivity index (χ0n) is 13.9. The maximum atomic E-state index is 9.82. The Hall–Kier alpha value is -2.04. The van der Waals surface area contributed by atoms with Crippen molar-refractivity contribution in [3.63, 3.8) is 0 Å². The highest BCUT2D eigenvalue weighted by Crippen LogP contribution is 2.35. The molecule has 4 heteroatoms. The van der Waals surface area contributed by atoms with Crippen LogP contribution in [0.1, 0.15) is 29.2 Å². The number of halogens is 1. The molecule has 1 unspecified atom stereocenters. The molecule has 130 valence electrons. The quantitative estimate of drug-likeness (QED) is 0.561. The predicted molar refractivity (Wildman–Crippen MR) is 107 cm³/mol. The second-order valence-electron chi connectivity index (χ2n) is 6.52. The summed E-state index contributed by atoms with van der Waals surface area (Å²) < 4.78 is 0. The number of phenolic OH excluding ortho intramolecular Hbond substituents is 2. The lowest BCUT2D eigenvalue weighted by molar-refractivity contribution is 0.397. The number of rotatable bonds is 3. The summed E-state index contributed by atoms with van der Waals surface area (Å²) in [6, 6.07) is 18.7. The third-order valence-corrected chi connectivity index (χ3v) is 4.93. The van der Waals surface area contributed by atoms with Crippen molar-refractivity contribution in [2.45, 2.75) is 25.3 Å². The Balaban J connectivity index is 0.00000182. The van der Waals surface area contributed by atoms with Gasteiger partial charge in [0, 0.05) is 6.04 Å². The van der Waals surface area contributed by atoms with Gasteiger partial charge in [-0.1, -0.05) is 42.5 Å². The van der Waals surface area contributed by atoms with E-state index in [1.807, 2.05) is 0 Å². The van der Waals surface area contributed by atoms with Crippen LogP contribution in [0.2, 0.25) is 0 Å². The summed E-state index contributed by atoms with van der Waals surface area (Å²) in [5.74, 6) is -0.0583. The van der Waals surface area contributed by atoms with E-state index >= 15 is 0 Å². The number of hydrogen-bond acceptors (Lipinski definition) is 3. The molecule has 0 amide bonds. The first-order chi connectivity index (χ1) is 11.7. The second-order valence-corrected chi connectivity index (χ2v) is 6.52. The van der Waals surface area contributed by atoms with Crippen LogP contribution in [0.5, 0.6) is 11.5 Å². The standard InChI is InChI=1S/C21H21NO2.BrH/c23-20-12-17-9-10-22-19(18(17)13-21(20)24)8-6-14-5-7-15-3-1-2-4-16(15)11-14;/h1-5,7,11-13,19,22-24H,6,8-10H2;1H. The molecule has 3 N–H and O–H groups in total. The second kappa shape index (κ2) is 7.46. The minimum Gasteiger partial charge on any atom is -0.504 e. The minimum absolute atomic E-state index is 0. The lowest BCUT2D eigenvalue weighted by Gasteiger charge is -2.27. The molecule has 1 aliphatic rings. The van der Waals surface area contributed by atoms with Crippen LogP contribution >= 0.6 is 17.0 Å². The van der Waals surface area contributed by atoms with E-state index in [4.69, 9.17) is 0 Å². The summed E-state index contributed by atoms with van der Waals surface area (Å²) in [6.45, 7) is 0.902. The van der Waals surface area contributed by atoms with Crippen molar-refractivity contribution >= 4 is 27.8 Å². The molecule has 1 heterocycles. The van der Waals surface area contributed by atoms with Crippen molar-refractivity contribution in [2.24, 2.45) is 0 Å². The molecule has 4 rings (SSSR count). The maximum absolute atomic E-state index is 9.82. The fraction of sp³-hybridized carbons (Fsp3) is 0.238. The number of hydrogen-bond donors (Lipinski definition) is 3. The summed E-state index contributed by atoms with van der Waals surface area (Å²) >= 11 is 0. The van der Waals surface area contributed by atoms with E-state index in [2.05, 4.69) is 47.8 Å². The van der Waals surface area contributed by atoms with Gasteiger partial charge in [0.1, 0.15) is 0 Å². The molecule has 0 saturated carbocycles. The smallest absolute Gasteiger partial charge is 0.157 e. The van der Waals surface area contributed by atoms with Gasteiger partial charge in [-0.3, -0.25) is 0 Å².